The zero-order valence-corrected chi connectivity index (χ0v) is 11.7. The average molecular weight is 347 g/mol. The van der Waals surface area contributed by atoms with Gasteiger partial charge in [-0.25, -0.2) is 4.98 Å². The van der Waals surface area contributed by atoms with Crippen LogP contribution in [0.25, 0.3) is 0 Å². The Kier molecular flexibility index (Phi) is 3.80. The number of nitrogens with one attached hydrogen (secondary N) is 1. The second kappa shape index (κ2) is 5.16. The summed E-state index contributed by atoms with van der Waals surface area (Å²) >= 11 is 2.01. The van der Waals surface area contributed by atoms with Crippen molar-refractivity contribution in [2.24, 2.45) is 5.92 Å². The molecule has 2 heterocycles. The van der Waals surface area contributed by atoms with E-state index in [1.807, 2.05) is 22.6 Å². The number of Topliss-reactive ketones (excluding diaryl/α,β-unsaturated/α-hetero) is 1. The second-order valence-electron chi connectivity index (χ2n) is 4.24. The maximum absolute atomic E-state index is 11.5. The second-order valence-corrected chi connectivity index (χ2v) is 5.32. The summed E-state index contributed by atoms with van der Waals surface area (Å²) in [6.45, 7) is 3.23. The van der Waals surface area contributed by atoms with Crippen molar-refractivity contribution in [3.8, 4) is 0 Å². The van der Waals surface area contributed by atoms with E-state index >= 15 is 0 Å². The number of ketones is 1. The van der Waals surface area contributed by atoms with E-state index in [9.17, 15) is 9.59 Å². The molecule has 1 fully saturated rings. The number of anilines is 1. The molecule has 92 valence electrons. The smallest absolute Gasteiger partial charge is 0.266 e. The van der Waals surface area contributed by atoms with Crippen LogP contribution in [0.5, 0.6) is 0 Å². The highest BCUT2D eigenvalue weighted by Crippen LogP contribution is 2.23. The van der Waals surface area contributed by atoms with Gasteiger partial charge in [0, 0.05) is 19.0 Å². The lowest BCUT2D eigenvalue weighted by molar-refractivity contribution is -0.121. The number of carbonyl (C=O) groups is 1. The number of halogens is 1. The number of piperidine rings is 1. The van der Waals surface area contributed by atoms with Crippen LogP contribution in [0.3, 0.4) is 0 Å². The van der Waals surface area contributed by atoms with E-state index in [4.69, 9.17) is 0 Å². The Hall–Kier alpha value is -0.920. The van der Waals surface area contributed by atoms with Crippen LogP contribution in [0.4, 0.5) is 5.82 Å². The van der Waals surface area contributed by atoms with Gasteiger partial charge < -0.3 is 9.88 Å². The van der Waals surface area contributed by atoms with Gasteiger partial charge in [0.25, 0.3) is 5.56 Å². The van der Waals surface area contributed by atoms with Gasteiger partial charge in [-0.15, -0.1) is 0 Å². The fourth-order valence-electron chi connectivity index (χ4n) is 2.09. The summed E-state index contributed by atoms with van der Waals surface area (Å²) < 4.78 is 0.617. The van der Waals surface area contributed by atoms with E-state index in [0.717, 1.165) is 31.7 Å². The SMILES string of the molecule is CC(=O)C1CCN(c2nc[nH]c(=O)c2I)CC1. The van der Waals surface area contributed by atoms with Gasteiger partial charge in [0.15, 0.2) is 0 Å². The topological polar surface area (TPSA) is 66.1 Å². The summed E-state index contributed by atoms with van der Waals surface area (Å²) in [6.07, 6.45) is 3.12. The highest BCUT2D eigenvalue weighted by atomic mass is 127. The van der Waals surface area contributed by atoms with Gasteiger partial charge in [0.2, 0.25) is 0 Å². The first-order valence-corrected chi connectivity index (χ1v) is 6.66. The third-order valence-electron chi connectivity index (χ3n) is 3.15. The number of aromatic nitrogens is 2. The number of hydrogen-bond acceptors (Lipinski definition) is 4. The maximum atomic E-state index is 11.5. The molecule has 2 rings (SSSR count). The molecule has 17 heavy (non-hydrogen) atoms. The highest BCUT2D eigenvalue weighted by molar-refractivity contribution is 14.1. The molecule has 6 heteroatoms. The molecule has 1 aliphatic rings. The molecule has 0 amide bonds. The van der Waals surface area contributed by atoms with Crippen LogP contribution in [-0.4, -0.2) is 28.8 Å². The van der Waals surface area contributed by atoms with Crippen molar-refractivity contribution < 1.29 is 4.79 Å². The van der Waals surface area contributed by atoms with Crippen molar-refractivity contribution in [3.05, 3.63) is 20.3 Å². The largest absolute Gasteiger partial charge is 0.355 e. The number of H-pyrrole nitrogens is 1. The number of carbonyl (C=O) groups excluding carboxylic acids is 1. The summed E-state index contributed by atoms with van der Waals surface area (Å²) in [4.78, 5) is 31.6. The molecule has 0 saturated carbocycles. The summed E-state index contributed by atoms with van der Waals surface area (Å²) in [7, 11) is 0. The normalized spacial score (nSPS) is 17.2. The number of aromatic amines is 1. The van der Waals surface area contributed by atoms with E-state index < -0.39 is 0 Å². The summed E-state index contributed by atoms with van der Waals surface area (Å²) in [5.74, 6) is 1.17. The van der Waals surface area contributed by atoms with Gasteiger partial charge in [0.1, 0.15) is 15.2 Å². The van der Waals surface area contributed by atoms with E-state index in [2.05, 4.69) is 14.9 Å². The van der Waals surface area contributed by atoms with Gasteiger partial charge >= 0.3 is 0 Å². The molecule has 1 aromatic rings. The molecule has 1 aromatic heterocycles. The molecular formula is C11H14IN3O2. The minimum Gasteiger partial charge on any atom is -0.355 e. The molecule has 1 N–H and O–H groups in total. The molecule has 1 aliphatic heterocycles. The fourth-order valence-corrected chi connectivity index (χ4v) is 2.73. The average Bonchev–Trinajstić information content (AvgIpc) is 2.33. The summed E-state index contributed by atoms with van der Waals surface area (Å²) in [5, 5.41) is 0. The Bertz CT molecular complexity index is 478. The van der Waals surface area contributed by atoms with E-state index in [0.29, 0.717) is 3.57 Å². The molecule has 0 atom stereocenters. The third-order valence-corrected chi connectivity index (χ3v) is 4.12. The van der Waals surface area contributed by atoms with E-state index in [1.54, 1.807) is 6.92 Å². The van der Waals surface area contributed by atoms with Crippen molar-refractivity contribution >= 4 is 34.2 Å². The lowest BCUT2D eigenvalue weighted by Crippen LogP contribution is -2.37. The van der Waals surface area contributed by atoms with Crippen LogP contribution in [0, 0.1) is 9.49 Å². The van der Waals surface area contributed by atoms with Gasteiger partial charge in [0.05, 0.1) is 6.33 Å². The molecule has 0 radical (unpaired) electrons. The van der Waals surface area contributed by atoms with Crippen molar-refractivity contribution in [2.45, 2.75) is 19.8 Å². The van der Waals surface area contributed by atoms with E-state index in [1.165, 1.54) is 6.33 Å². The Morgan fingerprint density at radius 3 is 2.76 bits per heavy atom. The standard InChI is InChI=1S/C11H14IN3O2/c1-7(16)8-2-4-15(5-3-8)10-9(12)11(17)14-6-13-10/h6,8H,2-5H2,1H3,(H,13,14,17). The molecule has 0 aliphatic carbocycles. The predicted molar refractivity (Wildman–Crippen MR) is 73.2 cm³/mol. The first-order valence-electron chi connectivity index (χ1n) is 5.58. The van der Waals surface area contributed by atoms with Crippen LogP contribution >= 0.6 is 22.6 Å². The summed E-state index contributed by atoms with van der Waals surface area (Å²) in [6, 6.07) is 0. The Morgan fingerprint density at radius 2 is 2.18 bits per heavy atom. The molecule has 0 aromatic carbocycles. The molecule has 0 bridgehead atoms. The first-order chi connectivity index (χ1) is 8.09. The Balaban J connectivity index is 2.13. The molecular weight excluding hydrogens is 333 g/mol. The highest BCUT2D eigenvalue weighted by Gasteiger charge is 2.24. The number of rotatable bonds is 2. The number of nitrogens with zero attached hydrogens (tertiary/aromatic N) is 2. The minimum atomic E-state index is -0.107. The Labute approximate surface area is 113 Å². The van der Waals surface area contributed by atoms with Crippen LogP contribution < -0.4 is 10.5 Å². The minimum absolute atomic E-state index is 0.107. The van der Waals surface area contributed by atoms with Crippen molar-refractivity contribution in [2.75, 3.05) is 18.0 Å². The quantitative estimate of drug-likeness (QED) is 0.816. The molecule has 0 spiro atoms. The zero-order chi connectivity index (χ0) is 12.4. The van der Waals surface area contributed by atoms with Crippen molar-refractivity contribution in [1.82, 2.24) is 9.97 Å². The molecule has 5 nitrogen and oxygen atoms in total. The van der Waals surface area contributed by atoms with Crippen LogP contribution in [0.1, 0.15) is 19.8 Å². The van der Waals surface area contributed by atoms with Crippen LogP contribution in [0.15, 0.2) is 11.1 Å². The zero-order valence-electron chi connectivity index (χ0n) is 9.57. The first kappa shape index (κ1) is 12.5. The van der Waals surface area contributed by atoms with Crippen molar-refractivity contribution in [1.29, 1.82) is 0 Å². The predicted octanol–water partition coefficient (Wildman–Crippen LogP) is 1.18. The lowest BCUT2D eigenvalue weighted by Gasteiger charge is -2.31. The third kappa shape index (κ3) is 2.67. The fraction of sp³-hybridized carbons (Fsp3) is 0.545. The van der Waals surface area contributed by atoms with Crippen LogP contribution in [0.2, 0.25) is 0 Å². The van der Waals surface area contributed by atoms with Crippen molar-refractivity contribution in [3.63, 3.8) is 0 Å². The van der Waals surface area contributed by atoms with Gasteiger partial charge in [-0.1, -0.05) is 0 Å². The Morgan fingerprint density at radius 1 is 1.53 bits per heavy atom. The van der Waals surface area contributed by atoms with Gasteiger partial charge in [-0.2, -0.15) is 0 Å². The molecule has 0 unspecified atom stereocenters. The lowest BCUT2D eigenvalue weighted by atomic mass is 9.93. The van der Waals surface area contributed by atoms with Gasteiger partial charge in [-0.3, -0.25) is 9.59 Å². The number of hydrogen-bond donors (Lipinski definition) is 1. The van der Waals surface area contributed by atoms with Gasteiger partial charge in [-0.05, 0) is 42.4 Å². The monoisotopic (exact) mass is 347 g/mol. The van der Waals surface area contributed by atoms with E-state index in [-0.39, 0.29) is 17.3 Å². The summed E-state index contributed by atoms with van der Waals surface area (Å²) in [5.41, 5.74) is -0.107. The maximum Gasteiger partial charge on any atom is 0.266 e. The van der Waals surface area contributed by atoms with Crippen LogP contribution in [-0.2, 0) is 4.79 Å². The molecule has 1 saturated heterocycles.